The second kappa shape index (κ2) is 7.80. The van der Waals surface area contributed by atoms with Gasteiger partial charge in [0.15, 0.2) is 6.61 Å². The van der Waals surface area contributed by atoms with Crippen LogP contribution >= 0.6 is 0 Å². The molecule has 0 radical (unpaired) electrons. The van der Waals surface area contributed by atoms with Crippen LogP contribution in [-0.4, -0.2) is 12.6 Å². The summed E-state index contributed by atoms with van der Waals surface area (Å²) in [7, 11) is 0. The Morgan fingerprint density at radius 1 is 0.920 bits per heavy atom. The highest BCUT2D eigenvalue weighted by Gasteiger charge is 2.10. The predicted octanol–water partition coefficient (Wildman–Crippen LogP) is 4.21. The number of hydrogen-bond acceptors (Lipinski definition) is 4. The maximum absolute atomic E-state index is 12.0. The molecule has 0 saturated carbocycles. The van der Waals surface area contributed by atoms with Gasteiger partial charge in [-0.1, -0.05) is 54.6 Å². The van der Waals surface area contributed by atoms with Crippen LogP contribution in [0.4, 0.5) is 0 Å². The van der Waals surface area contributed by atoms with E-state index in [0.717, 1.165) is 11.1 Å². The molecule has 0 saturated heterocycles. The van der Waals surface area contributed by atoms with Crippen LogP contribution in [0, 0.1) is 11.3 Å². The fourth-order valence-electron chi connectivity index (χ4n) is 2.38. The third-order valence-corrected chi connectivity index (χ3v) is 3.51. The monoisotopic (exact) mass is 329 g/mol. The van der Waals surface area contributed by atoms with Crippen molar-refractivity contribution in [3.05, 3.63) is 84.4 Å². The summed E-state index contributed by atoms with van der Waals surface area (Å²) in [6.07, 6.45) is 0. The zero-order valence-electron chi connectivity index (χ0n) is 13.4. The Kier molecular flexibility index (Phi) is 5.08. The number of benzene rings is 3. The van der Waals surface area contributed by atoms with E-state index < -0.39 is 5.97 Å². The smallest absolute Gasteiger partial charge is 0.349 e. The van der Waals surface area contributed by atoms with Gasteiger partial charge in [-0.25, -0.2) is 4.79 Å². The molecule has 25 heavy (non-hydrogen) atoms. The molecule has 0 spiro atoms. The molecular formula is C21H15NO3. The first-order chi connectivity index (χ1) is 12.3. The summed E-state index contributed by atoms with van der Waals surface area (Å²) in [5.41, 5.74) is 2.34. The Labute approximate surface area is 145 Å². The number of nitrogens with zero attached hydrogens (tertiary/aromatic N) is 1. The van der Waals surface area contributed by atoms with Gasteiger partial charge in [0.25, 0.3) is 0 Å². The fourth-order valence-corrected chi connectivity index (χ4v) is 2.38. The lowest BCUT2D eigenvalue weighted by Crippen LogP contribution is -2.18. The summed E-state index contributed by atoms with van der Waals surface area (Å²) in [4.78, 5) is 12.0. The Balaban J connectivity index is 1.68. The van der Waals surface area contributed by atoms with Gasteiger partial charge in [0.1, 0.15) is 11.5 Å². The maximum Gasteiger partial charge on any atom is 0.349 e. The summed E-state index contributed by atoms with van der Waals surface area (Å²) < 4.78 is 10.9. The molecule has 0 aliphatic carbocycles. The Morgan fingerprint density at radius 3 is 2.48 bits per heavy atom. The molecule has 3 rings (SSSR count). The van der Waals surface area contributed by atoms with Crippen molar-refractivity contribution >= 4 is 5.97 Å². The zero-order chi connectivity index (χ0) is 17.5. The van der Waals surface area contributed by atoms with Crippen LogP contribution in [0.2, 0.25) is 0 Å². The van der Waals surface area contributed by atoms with Gasteiger partial charge in [0.2, 0.25) is 0 Å². The van der Waals surface area contributed by atoms with Crippen molar-refractivity contribution in [3.8, 4) is 28.7 Å². The molecule has 0 aliphatic rings. The third kappa shape index (κ3) is 4.24. The normalized spacial score (nSPS) is 9.88. The lowest BCUT2D eigenvalue weighted by molar-refractivity contribution is -0.136. The van der Waals surface area contributed by atoms with E-state index in [2.05, 4.69) is 0 Å². The predicted molar refractivity (Wildman–Crippen MR) is 94.2 cm³/mol. The van der Waals surface area contributed by atoms with Gasteiger partial charge < -0.3 is 9.47 Å². The summed E-state index contributed by atoms with van der Waals surface area (Å²) in [5, 5.41) is 8.87. The van der Waals surface area contributed by atoms with E-state index in [9.17, 15) is 4.79 Å². The quantitative estimate of drug-likeness (QED) is 0.520. The molecule has 0 atom stereocenters. The van der Waals surface area contributed by atoms with Gasteiger partial charge in [-0.2, -0.15) is 5.26 Å². The standard InChI is InChI=1S/C21H15NO3/c22-14-16-7-6-10-18(13-16)25-21(23)15-24-20-12-5-4-11-19(20)17-8-2-1-3-9-17/h1-13H,15H2. The number of carbonyl (C=O) groups is 1. The largest absolute Gasteiger partial charge is 0.481 e. The molecule has 0 aromatic heterocycles. The molecular weight excluding hydrogens is 314 g/mol. The van der Waals surface area contributed by atoms with Gasteiger partial charge >= 0.3 is 5.97 Å². The van der Waals surface area contributed by atoms with Crippen molar-refractivity contribution in [2.75, 3.05) is 6.61 Å². The molecule has 0 bridgehead atoms. The number of ether oxygens (including phenoxy) is 2. The number of carbonyl (C=O) groups excluding carboxylic acids is 1. The number of hydrogen-bond donors (Lipinski definition) is 0. The summed E-state index contributed by atoms with van der Waals surface area (Å²) in [6, 6.07) is 25.8. The van der Waals surface area contributed by atoms with Crippen molar-refractivity contribution in [1.82, 2.24) is 0 Å². The maximum atomic E-state index is 12.0. The molecule has 122 valence electrons. The average molecular weight is 329 g/mol. The Morgan fingerprint density at radius 2 is 1.68 bits per heavy atom. The first-order valence-electron chi connectivity index (χ1n) is 7.74. The van der Waals surface area contributed by atoms with E-state index in [0.29, 0.717) is 17.1 Å². The fraction of sp³-hybridized carbons (Fsp3) is 0.0476. The molecule has 0 fully saturated rings. The van der Waals surface area contributed by atoms with Crippen LogP contribution in [0.5, 0.6) is 11.5 Å². The van der Waals surface area contributed by atoms with Crippen LogP contribution in [0.25, 0.3) is 11.1 Å². The second-order valence-corrected chi connectivity index (χ2v) is 5.26. The van der Waals surface area contributed by atoms with Crippen LogP contribution in [0.3, 0.4) is 0 Å². The molecule has 0 heterocycles. The highest BCUT2D eigenvalue weighted by molar-refractivity contribution is 5.75. The van der Waals surface area contributed by atoms with Crippen molar-refractivity contribution < 1.29 is 14.3 Å². The van der Waals surface area contributed by atoms with E-state index >= 15 is 0 Å². The first-order valence-corrected chi connectivity index (χ1v) is 7.74. The Bertz CT molecular complexity index is 914. The van der Waals surface area contributed by atoms with Gasteiger partial charge in [-0.15, -0.1) is 0 Å². The van der Waals surface area contributed by atoms with Crippen LogP contribution < -0.4 is 9.47 Å². The molecule has 3 aromatic carbocycles. The van der Waals surface area contributed by atoms with Gasteiger partial charge in [-0.05, 0) is 29.8 Å². The highest BCUT2D eigenvalue weighted by Crippen LogP contribution is 2.29. The molecule has 0 aliphatic heterocycles. The summed E-state index contributed by atoms with van der Waals surface area (Å²) >= 11 is 0. The molecule has 0 N–H and O–H groups in total. The minimum absolute atomic E-state index is 0.222. The number of rotatable bonds is 5. The van der Waals surface area contributed by atoms with Gasteiger partial charge in [0, 0.05) is 5.56 Å². The lowest BCUT2D eigenvalue weighted by atomic mass is 10.1. The summed E-state index contributed by atoms with van der Waals surface area (Å²) in [6.45, 7) is -0.222. The van der Waals surface area contributed by atoms with Crippen molar-refractivity contribution in [1.29, 1.82) is 5.26 Å². The van der Waals surface area contributed by atoms with E-state index in [1.54, 1.807) is 18.2 Å². The van der Waals surface area contributed by atoms with Gasteiger partial charge in [-0.3, -0.25) is 0 Å². The van der Waals surface area contributed by atoms with Crippen LogP contribution in [0.1, 0.15) is 5.56 Å². The van der Waals surface area contributed by atoms with Crippen LogP contribution in [-0.2, 0) is 4.79 Å². The Hall–Kier alpha value is -3.58. The zero-order valence-corrected chi connectivity index (χ0v) is 13.4. The SMILES string of the molecule is N#Cc1cccc(OC(=O)COc2ccccc2-c2ccccc2)c1. The second-order valence-electron chi connectivity index (χ2n) is 5.26. The molecule has 4 nitrogen and oxygen atoms in total. The first kappa shape index (κ1) is 16.3. The van der Waals surface area contributed by atoms with E-state index in [4.69, 9.17) is 14.7 Å². The number of nitriles is 1. The van der Waals surface area contributed by atoms with E-state index in [1.807, 2.05) is 60.7 Å². The molecule has 0 amide bonds. The summed E-state index contributed by atoms with van der Waals surface area (Å²) in [5.74, 6) is 0.401. The van der Waals surface area contributed by atoms with Crippen molar-refractivity contribution in [3.63, 3.8) is 0 Å². The molecule has 4 heteroatoms. The lowest BCUT2D eigenvalue weighted by Gasteiger charge is -2.11. The minimum Gasteiger partial charge on any atom is -0.481 e. The number of para-hydroxylation sites is 1. The average Bonchev–Trinajstić information content (AvgIpc) is 2.67. The molecule has 0 unspecified atom stereocenters. The van der Waals surface area contributed by atoms with Crippen LogP contribution in [0.15, 0.2) is 78.9 Å². The third-order valence-electron chi connectivity index (χ3n) is 3.51. The molecule has 3 aromatic rings. The number of esters is 1. The van der Waals surface area contributed by atoms with Gasteiger partial charge in [0.05, 0.1) is 11.6 Å². The van der Waals surface area contributed by atoms with Crippen molar-refractivity contribution in [2.45, 2.75) is 0 Å². The highest BCUT2D eigenvalue weighted by atomic mass is 16.6. The minimum atomic E-state index is -0.530. The van der Waals surface area contributed by atoms with E-state index in [1.165, 1.54) is 6.07 Å². The van der Waals surface area contributed by atoms with Crippen molar-refractivity contribution in [2.24, 2.45) is 0 Å². The topological polar surface area (TPSA) is 59.3 Å². The van der Waals surface area contributed by atoms with E-state index in [-0.39, 0.29) is 6.61 Å².